The third-order valence-electron chi connectivity index (χ3n) is 4.46. The van der Waals surface area contributed by atoms with E-state index in [9.17, 15) is 9.59 Å². The molecule has 0 saturated heterocycles. The fourth-order valence-electron chi connectivity index (χ4n) is 2.96. The van der Waals surface area contributed by atoms with Gasteiger partial charge in [0.25, 0.3) is 5.91 Å². The molecule has 0 aliphatic carbocycles. The lowest BCUT2D eigenvalue weighted by atomic mass is 10.1. The van der Waals surface area contributed by atoms with Crippen LogP contribution in [0.4, 0.5) is 17.6 Å². The Balaban J connectivity index is 1.47. The number of benzene rings is 2. The summed E-state index contributed by atoms with van der Waals surface area (Å²) in [6.07, 6.45) is 1.37. The number of furan rings is 1. The standard InChI is InChI=1S/C23H20N6O4/c24-22-26-18(27-23(29-22)25-16-10-5-2-6-11-16)14-33-21(31)19(15-8-3-1-4-9-15)28-20(30)17-12-7-13-32-17/h1-13,19H,14H2,(H,28,30)(H3,24,25,26,27,29). The van der Waals surface area contributed by atoms with Crippen LogP contribution in [0.3, 0.4) is 0 Å². The van der Waals surface area contributed by atoms with Crippen molar-refractivity contribution in [1.82, 2.24) is 20.3 Å². The number of rotatable bonds is 8. The molecule has 0 spiro atoms. The molecule has 0 saturated carbocycles. The van der Waals surface area contributed by atoms with Crippen molar-refractivity contribution in [3.05, 3.63) is 96.2 Å². The van der Waals surface area contributed by atoms with Gasteiger partial charge in [0.15, 0.2) is 24.2 Å². The van der Waals surface area contributed by atoms with Gasteiger partial charge in [-0.1, -0.05) is 48.5 Å². The predicted molar refractivity (Wildman–Crippen MR) is 119 cm³/mol. The van der Waals surface area contributed by atoms with E-state index in [0.717, 1.165) is 5.69 Å². The third-order valence-corrected chi connectivity index (χ3v) is 4.46. The first kappa shape index (κ1) is 21.5. The highest BCUT2D eigenvalue weighted by atomic mass is 16.5. The average molecular weight is 444 g/mol. The monoisotopic (exact) mass is 444 g/mol. The fourth-order valence-corrected chi connectivity index (χ4v) is 2.96. The van der Waals surface area contributed by atoms with Crippen molar-refractivity contribution in [1.29, 1.82) is 0 Å². The zero-order valence-electron chi connectivity index (χ0n) is 17.3. The first-order valence-electron chi connectivity index (χ1n) is 9.97. The van der Waals surface area contributed by atoms with E-state index in [1.54, 1.807) is 36.4 Å². The summed E-state index contributed by atoms with van der Waals surface area (Å²) in [4.78, 5) is 37.7. The second kappa shape index (κ2) is 10.1. The second-order valence-electron chi connectivity index (χ2n) is 6.83. The van der Waals surface area contributed by atoms with Gasteiger partial charge in [0.1, 0.15) is 0 Å². The molecule has 1 atom stereocenters. The highest BCUT2D eigenvalue weighted by Gasteiger charge is 2.26. The Morgan fingerprint density at radius 1 is 0.939 bits per heavy atom. The van der Waals surface area contributed by atoms with Gasteiger partial charge < -0.3 is 25.5 Å². The number of nitrogens with one attached hydrogen (secondary N) is 2. The van der Waals surface area contributed by atoms with E-state index in [2.05, 4.69) is 25.6 Å². The molecule has 4 N–H and O–H groups in total. The maximum Gasteiger partial charge on any atom is 0.333 e. The largest absolute Gasteiger partial charge is 0.459 e. The van der Waals surface area contributed by atoms with Gasteiger partial charge in [-0.3, -0.25) is 4.79 Å². The van der Waals surface area contributed by atoms with Crippen LogP contribution in [0.25, 0.3) is 0 Å². The molecular weight excluding hydrogens is 424 g/mol. The molecule has 1 amide bonds. The smallest absolute Gasteiger partial charge is 0.333 e. The van der Waals surface area contributed by atoms with Crippen molar-refractivity contribution in [3.8, 4) is 0 Å². The second-order valence-corrected chi connectivity index (χ2v) is 6.83. The lowest BCUT2D eigenvalue weighted by Crippen LogP contribution is -2.34. The summed E-state index contributed by atoms with van der Waals surface area (Å²) in [6, 6.07) is 20.0. The van der Waals surface area contributed by atoms with Crippen LogP contribution in [0.2, 0.25) is 0 Å². The number of nitrogens with two attached hydrogens (primary N) is 1. The third kappa shape index (κ3) is 5.70. The van der Waals surface area contributed by atoms with E-state index >= 15 is 0 Å². The van der Waals surface area contributed by atoms with E-state index in [0.29, 0.717) is 5.56 Å². The highest BCUT2D eigenvalue weighted by Crippen LogP contribution is 2.17. The van der Waals surface area contributed by atoms with Crippen molar-refractivity contribution >= 4 is 29.5 Å². The quantitative estimate of drug-likeness (QED) is 0.349. The number of hydrogen-bond acceptors (Lipinski definition) is 9. The van der Waals surface area contributed by atoms with Crippen LogP contribution >= 0.6 is 0 Å². The number of para-hydroxylation sites is 1. The Bertz CT molecular complexity index is 1220. The fraction of sp³-hybridized carbons (Fsp3) is 0.0870. The van der Waals surface area contributed by atoms with Crippen molar-refractivity contribution in [3.63, 3.8) is 0 Å². The summed E-state index contributed by atoms with van der Waals surface area (Å²) in [5, 5.41) is 5.64. The first-order valence-corrected chi connectivity index (χ1v) is 9.97. The van der Waals surface area contributed by atoms with Crippen molar-refractivity contribution in [2.24, 2.45) is 0 Å². The number of aromatic nitrogens is 3. The summed E-state index contributed by atoms with van der Waals surface area (Å²) in [5.74, 6) is -0.836. The van der Waals surface area contributed by atoms with Gasteiger partial charge in [-0.15, -0.1) is 0 Å². The van der Waals surface area contributed by atoms with Crippen LogP contribution < -0.4 is 16.4 Å². The maximum absolute atomic E-state index is 12.9. The van der Waals surface area contributed by atoms with E-state index in [1.165, 1.54) is 12.3 Å². The van der Waals surface area contributed by atoms with E-state index < -0.39 is 17.9 Å². The molecule has 0 aliphatic rings. The topological polar surface area (TPSA) is 145 Å². The molecule has 10 heteroatoms. The van der Waals surface area contributed by atoms with Crippen LogP contribution in [0.5, 0.6) is 0 Å². The molecule has 166 valence electrons. The molecule has 0 bridgehead atoms. The molecule has 2 aromatic heterocycles. The van der Waals surface area contributed by atoms with E-state index in [1.807, 2.05) is 30.3 Å². The number of nitrogen functional groups attached to an aromatic ring is 1. The number of carbonyl (C=O) groups excluding carboxylic acids is 2. The lowest BCUT2D eigenvalue weighted by Gasteiger charge is -2.17. The van der Waals surface area contributed by atoms with Crippen molar-refractivity contribution in [2.45, 2.75) is 12.6 Å². The van der Waals surface area contributed by atoms with E-state index in [4.69, 9.17) is 14.9 Å². The number of ether oxygens (including phenoxy) is 1. The molecule has 1 unspecified atom stereocenters. The molecule has 0 radical (unpaired) electrons. The summed E-state index contributed by atoms with van der Waals surface area (Å²) < 4.78 is 10.5. The molecular formula is C23H20N6O4. The van der Waals surface area contributed by atoms with Gasteiger partial charge in [0.05, 0.1) is 6.26 Å². The van der Waals surface area contributed by atoms with Crippen LogP contribution in [0, 0.1) is 0 Å². The van der Waals surface area contributed by atoms with Crippen LogP contribution in [0.1, 0.15) is 28.0 Å². The first-order chi connectivity index (χ1) is 16.1. The minimum Gasteiger partial charge on any atom is -0.459 e. The Morgan fingerprint density at radius 3 is 2.36 bits per heavy atom. The van der Waals surface area contributed by atoms with Crippen LogP contribution in [0.15, 0.2) is 83.5 Å². The summed E-state index contributed by atoms with van der Waals surface area (Å²) in [7, 11) is 0. The van der Waals surface area contributed by atoms with Crippen LogP contribution in [-0.4, -0.2) is 26.8 Å². The van der Waals surface area contributed by atoms with Gasteiger partial charge in [-0.2, -0.15) is 15.0 Å². The van der Waals surface area contributed by atoms with Gasteiger partial charge in [0, 0.05) is 5.69 Å². The molecule has 0 aliphatic heterocycles. The molecule has 2 aromatic carbocycles. The maximum atomic E-state index is 12.9. The average Bonchev–Trinajstić information content (AvgIpc) is 3.37. The Labute approximate surface area is 188 Å². The molecule has 4 aromatic rings. The van der Waals surface area contributed by atoms with Gasteiger partial charge in [-0.05, 0) is 29.8 Å². The molecule has 0 fully saturated rings. The summed E-state index contributed by atoms with van der Waals surface area (Å²) in [6.45, 7) is -0.269. The van der Waals surface area contributed by atoms with Crippen molar-refractivity contribution in [2.75, 3.05) is 11.1 Å². The SMILES string of the molecule is Nc1nc(COC(=O)C(NC(=O)c2ccco2)c2ccccc2)nc(Nc2ccccc2)n1. The van der Waals surface area contributed by atoms with E-state index in [-0.39, 0.29) is 30.1 Å². The number of amides is 1. The van der Waals surface area contributed by atoms with Gasteiger partial charge >= 0.3 is 5.97 Å². The minimum absolute atomic E-state index is 0.0276. The van der Waals surface area contributed by atoms with Gasteiger partial charge in [0.2, 0.25) is 11.9 Å². The van der Waals surface area contributed by atoms with Crippen LogP contribution in [-0.2, 0) is 16.1 Å². The number of carbonyl (C=O) groups is 2. The predicted octanol–water partition coefficient (Wildman–Crippen LogP) is 3.00. The minimum atomic E-state index is -1.06. The molecule has 2 heterocycles. The Kier molecular flexibility index (Phi) is 6.55. The number of anilines is 3. The zero-order chi connectivity index (χ0) is 23.0. The normalized spacial score (nSPS) is 11.4. The Morgan fingerprint density at radius 2 is 1.67 bits per heavy atom. The number of hydrogen-bond donors (Lipinski definition) is 3. The molecule has 4 rings (SSSR count). The molecule has 33 heavy (non-hydrogen) atoms. The highest BCUT2D eigenvalue weighted by molar-refractivity contribution is 5.94. The lowest BCUT2D eigenvalue weighted by molar-refractivity contribution is -0.147. The van der Waals surface area contributed by atoms with Crippen molar-refractivity contribution < 1.29 is 18.7 Å². The summed E-state index contributed by atoms with van der Waals surface area (Å²) >= 11 is 0. The van der Waals surface area contributed by atoms with Gasteiger partial charge in [-0.25, -0.2) is 4.79 Å². The molecule has 10 nitrogen and oxygen atoms in total. The summed E-state index contributed by atoms with van der Waals surface area (Å²) in [5.41, 5.74) is 7.09. The number of esters is 1. The number of nitrogens with zero attached hydrogens (tertiary/aromatic N) is 3. The Hall–Kier alpha value is -4.73. The zero-order valence-corrected chi connectivity index (χ0v) is 17.3.